The summed E-state index contributed by atoms with van der Waals surface area (Å²) in [6, 6.07) is 13.7. The number of rotatable bonds is 5. The number of anilines is 1. The number of carboxylic acids is 1. The topological polar surface area (TPSA) is 86.7 Å². The van der Waals surface area contributed by atoms with Crippen LogP contribution in [0.4, 0.5) is 10.5 Å². The standard InChI is InChI=1S/C19H15NO5S/c1-12-3-2-4-14(9-12)20-18(23)16(26-19(20)24)10-13-5-7-15(8-6-13)25-11-17(21)22/h2-10H,11H2,1H3,(H,21,22)/p-1/b16-10-. The zero-order valence-electron chi connectivity index (χ0n) is 13.8. The second-order valence-electron chi connectivity index (χ2n) is 5.59. The van der Waals surface area contributed by atoms with Crippen molar-refractivity contribution >= 4 is 40.6 Å². The molecule has 132 valence electrons. The van der Waals surface area contributed by atoms with E-state index in [-0.39, 0.29) is 11.1 Å². The zero-order chi connectivity index (χ0) is 18.7. The highest BCUT2D eigenvalue weighted by Gasteiger charge is 2.36. The van der Waals surface area contributed by atoms with Crippen molar-refractivity contribution < 1.29 is 24.2 Å². The maximum atomic E-state index is 12.6. The molecular formula is C19H14NO5S-. The highest BCUT2D eigenvalue weighted by molar-refractivity contribution is 8.19. The third-order valence-corrected chi connectivity index (χ3v) is 4.46. The van der Waals surface area contributed by atoms with Gasteiger partial charge in [0.2, 0.25) is 0 Å². The van der Waals surface area contributed by atoms with Crippen LogP contribution in [-0.4, -0.2) is 23.7 Å². The van der Waals surface area contributed by atoms with Crippen LogP contribution < -0.4 is 14.7 Å². The van der Waals surface area contributed by atoms with Crippen molar-refractivity contribution in [1.82, 2.24) is 0 Å². The third-order valence-electron chi connectivity index (χ3n) is 3.59. The minimum absolute atomic E-state index is 0.319. The lowest BCUT2D eigenvalue weighted by Crippen LogP contribution is -2.28. The van der Waals surface area contributed by atoms with E-state index in [0.717, 1.165) is 22.2 Å². The molecule has 2 aromatic rings. The van der Waals surface area contributed by atoms with E-state index in [4.69, 9.17) is 4.74 Å². The normalized spacial score (nSPS) is 15.6. The second-order valence-corrected chi connectivity index (χ2v) is 6.58. The van der Waals surface area contributed by atoms with E-state index in [9.17, 15) is 19.5 Å². The fourth-order valence-electron chi connectivity index (χ4n) is 2.41. The van der Waals surface area contributed by atoms with Crippen LogP contribution in [-0.2, 0) is 9.59 Å². The molecule has 0 saturated carbocycles. The van der Waals surface area contributed by atoms with E-state index in [0.29, 0.717) is 21.9 Å². The first kappa shape index (κ1) is 17.8. The number of thioether (sulfide) groups is 1. The Morgan fingerprint density at radius 1 is 1.19 bits per heavy atom. The minimum atomic E-state index is -1.31. The monoisotopic (exact) mass is 368 g/mol. The Kier molecular flexibility index (Phi) is 5.09. The van der Waals surface area contributed by atoms with Crippen LogP contribution in [0.25, 0.3) is 6.08 Å². The van der Waals surface area contributed by atoms with Gasteiger partial charge in [0.05, 0.1) is 16.6 Å². The molecule has 0 unspecified atom stereocenters. The molecule has 1 saturated heterocycles. The van der Waals surface area contributed by atoms with E-state index in [2.05, 4.69) is 0 Å². The van der Waals surface area contributed by atoms with Gasteiger partial charge in [-0.15, -0.1) is 0 Å². The summed E-state index contributed by atoms with van der Waals surface area (Å²) in [5.41, 5.74) is 2.19. The van der Waals surface area contributed by atoms with Crippen molar-refractivity contribution in [2.24, 2.45) is 0 Å². The number of aryl methyl sites for hydroxylation is 1. The molecule has 0 aromatic heterocycles. The largest absolute Gasteiger partial charge is 0.546 e. The molecule has 1 fully saturated rings. The lowest BCUT2D eigenvalue weighted by Gasteiger charge is -2.12. The first-order valence-corrected chi connectivity index (χ1v) is 8.53. The number of carboxylic acid groups (broad SMARTS) is 1. The predicted molar refractivity (Wildman–Crippen MR) is 96.6 cm³/mol. The van der Waals surface area contributed by atoms with E-state index >= 15 is 0 Å². The molecule has 6 nitrogen and oxygen atoms in total. The van der Waals surface area contributed by atoms with Gasteiger partial charge < -0.3 is 14.6 Å². The van der Waals surface area contributed by atoms with E-state index < -0.39 is 12.6 Å². The van der Waals surface area contributed by atoms with Crippen molar-refractivity contribution in [3.8, 4) is 5.75 Å². The van der Waals surface area contributed by atoms with E-state index in [1.54, 1.807) is 48.5 Å². The van der Waals surface area contributed by atoms with Crippen LogP contribution in [0.5, 0.6) is 5.75 Å². The predicted octanol–water partition coefficient (Wildman–Crippen LogP) is 2.36. The van der Waals surface area contributed by atoms with E-state index in [1.807, 2.05) is 13.0 Å². The van der Waals surface area contributed by atoms with Crippen molar-refractivity contribution in [3.05, 3.63) is 64.6 Å². The molecule has 2 aromatic carbocycles. The maximum Gasteiger partial charge on any atom is 0.298 e. The summed E-state index contributed by atoms with van der Waals surface area (Å²) < 4.78 is 5.00. The lowest BCUT2D eigenvalue weighted by molar-refractivity contribution is -0.307. The summed E-state index contributed by atoms with van der Waals surface area (Å²) in [5, 5.41) is 10.0. The number of amides is 2. The van der Waals surface area contributed by atoms with Crippen LogP contribution in [0.1, 0.15) is 11.1 Å². The van der Waals surface area contributed by atoms with Crippen LogP contribution in [0.15, 0.2) is 53.4 Å². The van der Waals surface area contributed by atoms with Gasteiger partial charge in [0.15, 0.2) is 0 Å². The third kappa shape index (κ3) is 3.94. The van der Waals surface area contributed by atoms with Crippen LogP contribution >= 0.6 is 11.8 Å². The molecule has 0 spiro atoms. The molecule has 0 N–H and O–H groups in total. The van der Waals surface area contributed by atoms with Gasteiger partial charge in [-0.1, -0.05) is 24.3 Å². The molecule has 3 rings (SSSR count). The Morgan fingerprint density at radius 3 is 2.58 bits per heavy atom. The molecule has 0 atom stereocenters. The van der Waals surface area contributed by atoms with Crippen molar-refractivity contribution in [2.75, 3.05) is 11.5 Å². The van der Waals surface area contributed by atoms with Crippen molar-refractivity contribution in [1.29, 1.82) is 0 Å². The number of aliphatic carboxylic acids is 1. The highest BCUT2D eigenvalue weighted by Crippen LogP contribution is 2.36. The first-order chi connectivity index (χ1) is 12.4. The average Bonchev–Trinajstić information content (AvgIpc) is 2.88. The first-order valence-electron chi connectivity index (χ1n) is 7.71. The lowest BCUT2D eigenvalue weighted by atomic mass is 10.2. The molecule has 0 aliphatic carbocycles. The summed E-state index contributed by atoms with van der Waals surface area (Å²) >= 11 is 0.877. The minimum Gasteiger partial charge on any atom is -0.546 e. The summed E-state index contributed by atoms with van der Waals surface area (Å²) in [7, 11) is 0. The Hall–Kier alpha value is -3.06. The van der Waals surface area contributed by atoms with E-state index in [1.165, 1.54) is 0 Å². The van der Waals surface area contributed by atoms with Crippen LogP contribution in [0.3, 0.4) is 0 Å². The Balaban J connectivity index is 1.78. The van der Waals surface area contributed by atoms with Crippen molar-refractivity contribution in [3.63, 3.8) is 0 Å². The van der Waals surface area contributed by atoms with Gasteiger partial charge in [0.1, 0.15) is 12.4 Å². The molecule has 1 aliphatic heterocycles. The summed E-state index contributed by atoms with van der Waals surface area (Å²) in [6.07, 6.45) is 1.61. The van der Waals surface area contributed by atoms with Crippen LogP contribution in [0.2, 0.25) is 0 Å². The number of hydrogen-bond acceptors (Lipinski definition) is 6. The SMILES string of the molecule is Cc1cccc(N2C(=O)S/C(=C\c3ccc(OCC(=O)[O-])cc3)C2=O)c1. The van der Waals surface area contributed by atoms with Crippen molar-refractivity contribution in [2.45, 2.75) is 6.92 Å². The summed E-state index contributed by atoms with van der Waals surface area (Å²) in [5.74, 6) is -1.30. The fourth-order valence-corrected chi connectivity index (χ4v) is 3.25. The summed E-state index contributed by atoms with van der Waals surface area (Å²) in [4.78, 5) is 36.7. The fraction of sp³-hybridized carbons (Fsp3) is 0.105. The van der Waals surface area contributed by atoms with Gasteiger partial charge in [-0.05, 0) is 60.2 Å². The number of hydrogen-bond donors (Lipinski definition) is 0. The molecule has 1 heterocycles. The molecule has 2 amide bonds. The number of nitrogens with zero attached hydrogens (tertiary/aromatic N) is 1. The number of imide groups is 1. The average molecular weight is 368 g/mol. The van der Waals surface area contributed by atoms with Gasteiger partial charge in [-0.2, -0.15) is 0 Å². The molecule has 0 bridgehead atoms. The quantitative estimate of drug-likeness (QED) is 0.753. The number of ether oxygens (including phenoxy) is 1. The highest BCUT2D eigenvalue weighted by atomic mass is 32.2. The van der Waals surface area contributed by atoms with Crippen LogP contribution in [0, 0.1) is 6.92 Å². The molecule has 0 radical (unpaired) electrons. The summed E-state index contributed by atoms with van der Waals surface area (Å²) in [6.45, 7) is 1.36. The van der Waals surface area contributed by atoms with Gasteiger partial charge in [0, 0.05) is 0 Å². The molecule has 26 heavy (non-hydrogen) atoms. The number of carbonyl (C=O) groups excluding carboxylic acids is 3. The van der Waals surface area contributed by atoms with Gasteiger partial charge in [-0.3, -0.25) is 9.59 Å². The number of benzene rings is 2. The maximum absolute atomic E-state index is 12.6. The Morgan fingerprint density at radius 2 is 1.92 bits per heavy atom. The van der Waals surface area contributed by atoms with Gasteiger partial charge in [0.25, 0.3) is 11.1 Å². The second kappa shape index (κ2) is 7.45. The molecular weight excluding hydrogens is 354 g/mol. The molecule has 1 aliphatic rings. The van der Waals surface area contributed by atoms with Gasteiger partial charge in [-0.25, -0.2) is 4.90 Å². The zero-order valence-corrected chi connectivity index (χ0v) is 14.6. The number of carbonyl (C=O) groups is 3. The Bertz CT molecular complexity index is 904. The van der Waals surface area contributed by atoms with Gasteiger partial charge >= 0.3 is 0 Å². The smallest absolute Gasteiger partial charge is 0.298 e. The molecule has 7 heteroatoms. The Labute approximate surface area is 154 Å².